The van der Waals surface area contributed by atoms with Gasteiger partial charge in [-0.25, -0.2) is 19.0 Å². The van der Waals surface area contributed by atoms with E-state index in [0.29, 0.717) is 29.1 Å². The lowest BCUT2D eigenvalue weighted by Gasteiger charge is -2.32. The molecule has 0 spiro atoms. The number of nitrogens with one attached hydrogen (secondary N) is 2. The van der Waals surface area contributed by atoms with Crippen molar-refractivity contribution in [2.45, 2.75) is 45.6 Å². The summed E-state index contributed by atoms with van der Waals surface area (Å²) < 4.78 is 16.3. The molecular weight excluding hydrogens is 573 g/mol. The van der Waals surface area contributed by atoms with Gasteiger partial charge in [0.2, 0.25) is 0 Å². The second-order valence-electron chi connectivity index (χ2n) is 13.4. The smallest absolute Gasteiger partial charge is 0.175 e. The van der Waals surface area contributed by atoms with Crippen LogP contribution >= 0.6 is 0 Å². The molecule has 0 amide bonds. The number of rotatable bonds is 8. The van der Waals surface area contributed by atoms with E-state index in [4.69, 9.17) is 9.97 Å². The average molecular weight is 614 g/mol. The molecule has 8 heteroatoms. The Hall–Kier alpha value is -4.82. The zero-order chi connectivity index (χ0) is 31.7. The lowest BCUT2D eigenvalue weighted by molar-refractivity contribution is 0.182. The van der Waals surface area contributed by atoms with E-state index < -0.39 is 0 Å². The van der Waals surface area contributed by atoms with Gasteiger partial charge < -0.3 is 10.6 Å². The number of halogens is 1. The van der Waals surface area contributed by atoms with Crippen LogP contribution in [0.5, 0.6) is 0 Å². The van der Waals surface area contributed by atoms with Crippen LogP contribution in [0.4, 0.5) is 21.8 Å². The Labute approximate surface area is 269 Å². The first-order valence-corrected chi connectivity index (χ1v) is 16.1. The molecule has 46 heavy (non-hydrogen) atoms. The highest BCUT2D eigenvalue weighted by molar-refractivity contribution is 5.96. The molecule has 1 fully saturated rings. The van der Waals surface area contributed by atoms with Crippen LogP contribution in [0.2, 0.25) is 0 Å². The standard InChI is InChI=1S/C38H40FN7/c1-38(2,3)31-14-13-30(39)23-34(31)46-35(15-18-41-46)44-37-36(42-32-21-28-11-7-8-12-29(28)22-33(32)43-37)40-24-26-16-19-45(20-17-26)25-27-9-5-4-6-10-27/h4-15,18,21-23,26H,16-17,19-20,24-25H2,1-3H3,(H,40,42)(H,43,44). The van der Waals surface area contributed by atoms with Crippen molar-refractivity contribution in [2.75, 3.05) is 30.3 Å². The molecule has 6 aromatic rings. The van der Waals surface area contributed by atoms with Gasteiger partial charge in [0.1, 0.15) is 11.6 Å². The maximum Gasteiger partial charge on any atom is 0.175 e. The molecule has 7 nitrogen and oxygen atoms in total. The summed E-state index contributed by atoms with van der Waals surface area (Å²) in [6.45, 7) is 10.3. The van der Waals surface area contributed by atoms with Crippen LogP contribution in [0.25, 0.3) is 27.5 Å². The zero-order valence-corrected chi connectivity index (χ0v) is 26.7. The summed E-state index contributed by atoms with van der Waals surface area (Å²) in [5.74, 6) is 2.21. The molecule has 0 aliphatic carbocycles. The van der Waals surface area contributed by atoms with Crippen molar-refractivity contribution in [3.8, 4) is 5.69 Å². The van der Waals surface area contributed by atoms with Crippen molar-refractivity contribution in [1.82, 2.24) is 24.6 Å². The van der Waals surface area contributed by atoms with Gasteiger partial charge in [0.25, 0.3) is 0 Å². The average Bonchev–Trinajstić information content (AvgIpc) is 3.51. The first-order valence-electron chi connectivity index (χ1n) is 16.1. The minimum absolute atomic E-state index is 0.209. The van der Waals surface area contributed by atoms with Gasteiger partial charge in [0.15, 0.2) is 11.6 Å². The van der Waals surface area contributed by atoms with E-state index in [2.05, 4.69) is 96.0 Å². The Morgan fingerprint density at radius 2 is 1.48 bits per heavy atom. The van der Waals surface area contributed by atoms with E-state index in [9.17, 15) is 4.39 Å². The minimum Gasteiger partial charge on any atom is -0.367 e. The summed E-state index contributed by atoms with van der Waals surface area (Å²) in [5.41, 5.74) is 4.47. The Morgan fingerprint density at radius 1 is 0.804 bits per heavy atom. The van der Waals surface area contributed by atoms with Crippen LogP contribution in [0, 0.1) is 11.7 Å². The van der Waals surface area contributed by atoms with E-state index in [1.807, 2.05) is 24.3 Å². The number of nitrogens with zero attached hydrogens (tertiary/aromatic N) is 5. The zero-order valence-electron chi connectivity index (χ0n) is 26.7. The number of likely N-dealkylation sites (tertiary alicyclic amines) is 1. The largest absolute Gasteiger partial charge is 0.367 e. The Kier molecular flexibility index (Phi) is 8.13. The monoisotopic (exact) mass is 613 g/mol. The lowest BCUT2D eigenvalue weighted by atomic mass is 9.86. The number of fused-ring (bicyclic) bond motifs is 2. The highest BCUT2D eigenvalue weighted by atomic mass is 19.1. The summed E-state index contributed by atoms with van der Waals surface area (Å²) in [5, 5.41) is 14.0. The summed E-state index contributed by atoms with van der Waals surface area (Å²) in [4.78, 5) is 12.7. The Morgan fingerprint density at radius 3 is 2.17 bits per heavy atom. The van der Waals surface area contributed by atoms with E-state index in [-0.39, 0.29) is 11.2 Å². The number of piperidine rings is 1. The van der Waals surface area contributed by atoms with Crippen molar-refractivity contribution in [1.29, 1.82) is 0 Å². The van der Waals surface area contributed by atoms with Gasteiger partial charge in [-0.3, -0.25) is 4.90 Å². The van der Waals surface area contributed by atoms with Crippen LogP contribution in [0.1, 0.15) is 44.7 Å². The van der Waals surface area contributed by atoms with E-state index >= 15 is 0 Å². The highest BCUT2D eigenvalue weighted by Crippen LogP contribution is 2.33. The fourth-order valence-corrected chi connectivity index (χ4v) is 6.41. The SMILES string of the molecule is CC(C)(C)c1ccc(F)cc1-n1nccc1Nc1nc2cc3ccccc3cc2nc1NCC1CCN(Cc2ccccc2)CC1. The van der Waals surface area contributed by atoms with E-state index in [0.717, 1.165) is 66.4 Å². The number of aromatic nitrogens is 4. The first-order chi connectivity index (χ1) is 22.3. The second-order valence-corrected chi connectivity index (χ2v) is 13.4. The first kappa shape index (κ1) is 29.9. The predicted octanol–water partition coefficient (Wildman–Crippen LogP) is 8.47. The van der Waals surface area contributed by atoms with Gasteiger partial charge in [-0.2, -0.15) is 5.10 Å². The third-order valence-corrected chi connectivity index (χ3v) is 8.93. The molecule has 2 aromatic heterocycles. The fourth-order valence-electron chi connectivity index (χ4n) is 6.41. The van der Waals surface area contributed by atoms with Gasteiger partial charge in [0, 0.05) is 19.2 Å². The molecular formula is C38H40FN7. The molecule has 1 saturated heterocycles. The lowest BCUT2D eigenvalue weighted by Crippen LogP contribution is -2.35. The quantitative estimate of drug-likeness (QED) is 0.168. The predicted molar refractivity (Wildman–Crippen MR) is 185 cm³/mol. The fraction of sp³-hybridized carbons (Fsp3) is 0.289. The van der Waals surface area contributed by atoms with Crippen molar-refractivity contribution in [3.63, 3.8) is 0 Å². The molecule has 0 bridgehead atoms. The molecule has 0 radical (unpaired) electrons. The molecule has 0 atom stereocenters. The molecule has 2 N–H and O–H groups in total. The summed E-state index contributed by atoms with van der Waals surface area (Å²) in [6, 6.07) is 29.9. The number of anilines is 3. The molecule has 1 aliphatic heterocycles. The van der Waals surface area contributed by atoms with Crippen LogP contribution in [0.3, 0.4) is 0 Å². The van der Waals surface area contributed by atoms with Crippen LogP contribution < -0.4 is 10.6 Å². The Bertz CT molecular complexity index is 1970. The summed E-state index contributed by atoms with van der Waals surface area (Å²) in [6.07, 6.45) is 3.96. The minimum atomic E-state index is -0.306. The maximum atomic E-state index is 14.6. The third-order valence-electron chi connectivity index (χ3n) is 8.93. The van der Waals surface area contributed by atoms with Gasteiger partial charge in [-0.15, -0.1) is 0 Å². The van der Waals surface area contributed by atoms with Crippen LogP contribution in [-0.2, 0) is 12.0 Å². The second kappa shape index (κ2) is 12.5. The topological polar surface area (TPSA) is 70.9 Å². The van der Waals surface area contributed by atoms with E-state index in [1.54, 1.807) is 16.9 Å². The molecule has 3 heterocycles. The van der Waals surface area contributed by atoms with Crippen LogP contribution in [0.15, 0.2) is 97.2 Å². The number of hydrogen-bond acceptors (Lipinski definition) is 6. The van der Waals surface area contributed by atoms with Crippen molar-refractivity contribution < 1.29 is 4.39 Å². The molecule has 234 valence electrons. The van der Waals surface area contributed by atoms with Crippen molar-refractivity contribution in [2.24, 2.45) is 5.92 Å². The normalized spacial score (nSPS) is 14.6. The van der Waals surface area contributed by atoms with E-state index in [1.165, 1.54) is 11.6 Å². The molecule has 0 saturated carbocycles. The maximum absolute atomic E-state index is 14.6. The Balaban J connectivity index is 1.17. The van der Waals surface area contributed by atoms with Gasteiger partial charge in [0.05, 0.1) is 22.9 Å². The molecule has 4 aromatic carbocycles. The van der Waals surface area contributed by atoms with Crippen LogP contribution in [-0.4, -0.2) is 44.3 Å². The molecule has 7 rings (SSSR count). The van der Waals surface area contributed by atoms with Crippen molar-refractivity contribution >= 4 is 39.3 Å². The van der Waals surface area contributed by atoms with Crippen molar-refractivity contribution in [3.05, 3.63) is 114 Å². The summed E-state index contributed by atoms with van der Waals surface area (Å²) in [7, 11) is 0. The third kappa shape index (κ3) is 6.44. The van der Waals surface area contributed by atoms with Gasteiger partial charge in [-0.05, 0) is 83.4 Å². The number of hydrogen-bond donors (Lipinski definition) is 2. The highest BCUT2D eigenvalue weighted by Gasteiger charge is 2.23. The molecule has 0 unspecified atom stereocenters. The van der Waals surface area contributed by atoms with Gasteiger partial charge >= 0.3 is 0 Å². The van der Waals surface area contributed by atoms with Gasteiger partial charge in [-0.1, -0.05) is 81.4 Å². The number of benzene rings is 4. The summed E-state index contributed by atoms with van der Waals surface area (Å²) >= 11 is 0. The molecule has 1 aliphatic rings.